The van der Waals surface area contributed by atoms with E-state index >= 15 is 0 Å². The van der Waals surface area contributed by atoms with Crippen LogP contribution in [-0.2, 0) is 11.2 Å². The monoisotopic (exact) mass is 450 g/mol. The topological polar surface area (TPSA) is 42.0 Å². The molecule has 1 amide bonds. The predicted octanol–water partition coefficient (Wildman–Crippen LogP) is 5.42. The van der Waals surface area contributed by atoms with Gasteiger partial charge in [-0.2, -0.15) is 0 Å². The molecule has 0 N–H and O–H groups in total. The number of carbonyl (C=O) groups excluding carboxylic acids is 1. The van der Waals surface area contributed by atoms with E-state index in [2.05, 4.69) is 9.64 Å². The number of benzene rings is 2. The van der Waals surface area contributed by atoms with E-state index in [1.807, 2.05) is 51.1 Å². The molecule has 2 aromatic carbocycles. The minimum absolute atomic E-state index is 0.157. The van der Waals surface area contributed by atoms with Gasteiger partial charge in [-0.1, -0.05) is 48.5 Å². The molecular formula is C24H29F3N2O3. The van der Waals surface area contributed by atoms with Gasteiger partial charge in [-0.3, -0.25) is 4.90 Å². The second-order valence-corrected chi connectivity index (χ2v) is 8.79. The first-order valence-electron chi connectivity index (χ1n) is 10.6. The van der Waals surface area contributed by atoms with Crippen LogP contribution < -0.4 is 4.74 Å². The van der Waals surface area contributed by atoms with Gasteiger partial charge in [-0.25, -0.2) is 4.79 Å². The van der Waals surface area contributed by atoms with Crippen molar-refractivity contribution in [2.75, 3.05) is 26.2 Å². The molecule has 32 heavy (non-hydrogen) atoms. The fraction of sp³-hybridized carbons (Fsp3) is 0.458. The first kappa shape index (κ1) is 23.9. The van der Waals surface area contributed by atoms with E-state index in [4.69, 9.17) is 4.74 Å². The third kappa shape index (κ3) is 6.88. The van der Waals surface area contributed by atoms with Gasteiger partial charge in [-0.05, 0) is 44.4 Å². The number of para-hydroxylation sites is 1. The number of halogens is 3. The van der Waals surface area contributed by atoms with Crippen LogP contribution in [0.2, 0.25) is 0 Å². The molecule has 8 heteroatoms. The van der Waals surface area contributed by atoms with E-state index in [0.29, 0.717) is 38.2 Å². The lowest BCUT2D eigenvalue weighted by molar-refractivity contribution is -0.274. The summed E-state index contributed by atoms with van der Waals surface area (Å²) in [6.07, 6.45) is -4.75. The molecule has 0 bridgehead atoms. The molecule has 1 fully saturated rings. The normalized spacial score (nSPS) is 16.5. The van der Waals surface area contributed by atoms with E-state index in [1.54, 1.807) is 17.0 Å². The maximum atomic E-state index is 12.9. The van der Waals surface area contributed by atoms with Crippen LogP contribution >= 0.6 is 0 Å². The molecular weight excluding hydrogens is 421 g/mol. The van der Waals surface area contributed by atoms with Crippen molar-refractivity contribution in [3.63, 3.8) is 0 Å². The van der Waals surface area contributed by atoms with Crippen molar-refractivity contribution in [2.45, 2.75) is 45.2 Å². The standard InChI is InChI=1S/C24H29F3N2O3/c1-23(2,3)32-22(30)29-15-13-28(14-16-29)20(18-9-5-4-6-10-18)17-19-11-7-8-12-21(19)31-24(25,26)27/h4-12,20H,13-17H2,1-3H3. The molecule has 1 aliphatic rings. The van der Waals surface area contributed by atoms with Crippen LogP contribution in [0.3, 0.4) is 0 Å². The van der Waals surface area contributed by atoms with Gasteiger partial charge in [0.05, 0.1) is 0 Å². The quantitative estimate of drug-likeness (QED) is 0.610. The lowest BCUT2D eigenvalue weighted by Gasteiger charge is -2.40. The van der Waals surface area contributed by atoms with Crippen LogP contribution in [0.25, 0.3) is 0 Å². The summed E-state index contributed by atoms with van der Waals surface area (Å²) in [7, 11) is 0. The fourth-order valence-corrected chi connectivity index (χ4v) is 3.78. The Bertz CT molecular complexity index is 889. The average Bonchev–Trinajstić information content (AvgIpc) is 2.71. The Balaban J connectivity index is 1.77. The van der Waals surface area contributed by atoms with E-state index < -0.39 is 12.0 Å². The number of nitrogens with zero attached hydrogens (tertiary/aromatic N) is 2. The maximum Gasteiger partial charge on any atom is 0.573 e. The van der Waals surface area contributed by atoms with Gasteiger partial charge >= 0.3 is 12.5 Å². The highest BCUT2D eigenvalue weighted by Gasteiger charge is 2.33. The fourth-order valence-electron chi connectivity index (χ4n) is 3.78. The molecule has 0 saturated carbocycles. The highest BCUT2D eigenvalue weighted by atomic mass is 19.4. The Morgan fingerprint density at radius 2 is 1.53 bits per heavy atom. The van der Waals surface area contributed by atoms with Gasteiger partial charge in [0.2, 0.25) is 0 Å². The lowest BCUT2D eigenvalue weighted by Crippen LogP contribution is -2.51. The van der Waals surface area contributed by atoms with E-state index in [1.165, 1.54) is 12.1 Å². The van der Waals surface area contributed by atoms with Crippen molar-refractivity contribution in [3.05, 3.63) is 65.7 Å². The number of hydrogen-bond donors (Lipinski definition) is 0. The van der Waals surface area contributed by atoms with Crippen LogP contribution in [-0.4, -0.2) is 54.0 Å². The highest BCUT2D eigenvalue weighted by molar-refractivity contribution is 5.68. The van der Waals surface area contributed by atoms with Gasteiger partial charge in [0.15, 0.2) is 0 Å². The van der Waals surface area contributed by atoms with Crippen LogP contribution in [0.5, 0.6) is 5.75 Å². The first-order chi connectivity index (χ1) is 15.0. The van der Waals surface area contributed by atoms with Crippen LogP contribution in [0.4, 0.5) is 18.0 Å². The second kappa shape index (κ2) is 9.81. The van der Waals surface area contributed by atoms with Crippen LogP contribution in [0, 0.1) is 0 Å². The van der Waals surface area contributed by atoms with Crippen molar-refractivity contribution < 1.29 is 27.4 Å². The Labute approximate surface area is 186 Å². The molecule has 1 saturated heterocycles. The largest absolute Gasteiger partial charge is 0.573 e. The summed E-state index contributed by atoms with van der Waals surface area (Å²) in [6.45, 7) is 7.62. The summed E-state index contributed by atoms with van der Waals surface area (Å²) in [6, 6.07) is 15.8. The Morgan fingerprint density at radius 3 is 2.12 bits per heavy atom. The second-order valence-electron chi connectivity index (χ2n) is 8.79. The third-order valence-corrected chi connectivity index (χ3v) is 5.20. The van der Waals surface area contributed by atoms with Crippen molar-refractivity contribution in [1.29, 1.82) is 0 Å². The molecule has 1 heterocycles. The molecule has 0 spiro atoms. The van der Waals surface area contributed by atoms with Gasteiger partial charge in [0, 0.05) is 32.2 Å². The number of alkyl halides is 3. The van der Waals surface area contributed by atoms with Gasteiger partial charge in [0.1, 0.15) is 11.4 Å². The SMILES string of the molecule is CC(C)(C)OC(=O)N1CCN(C(Cc2ccccc2OC(F)(F)F)c2ccccc2)CC1. The number of rotatable bonds is 5. The summed E-state index contributed by atoms with van der Waals surface area (Å²) >= 11 is 0. The number of piperazine rings is 1. The molecule has 1 atom stereocenters. The zero-order chi connectivity index (χ0) is 23.4. The highest BCUT2D eigenvalue weighted by Crippen LogP contribution is 2.32. The zero-order valence-corrected chi connectivity index (χ0v) is 18.6. The molecule has 2 aromatic rings. The number of hydrogen-bond acceptors (Lipinski definition) is 4. The molecule has 0 aromatic heterocycles. The molecule has 0 aliphatic carbocycles. The summed E-state index contributed by atoms with van der Waals surface area (Å²) in [4.78, 5) is 16.3. The first-order valence-corrected chi connectivity index (χ1v) is 10.6. The molecule has 0 radical (unpaired) electrons. The van der Waals surface area contributed by atoms with Gasteiger partial charge in [-0.15, -0.1) is 13.2 Å². The van der Waals surface area contributed by atoms with Crippen LogP contribution in [0.15, 0.2) is 54.6 Å². The number of carbonyl (C=O) groups is 1. The van der Waals surface area contributed by atoms with E-state index in [-0.39, 0.29) is 17.9 Å². The maximum absolute atomic E-state index is 12.9. The molecule has 3 rings (SSSR count). The smallest absolute Gasteiger partial charge is 0.444 e. The molecule has 1 unspecified atom stereocenters. The third-order valence-electron chi connectivity index (χ3n) is 5.20. The Hall–Kier alpha value is -2.74. The summed E-state index contributed by atoms with van der Waals surface area (Å²) in [5.74, 6) is -0.187. The lowest BCUT2D eigenvalue weighted by atomic mass is 9.96. The van der Waals surface area contributed by atoms with E-state index in [9.17, 15) is 18.0 Å². The average molecular weight is 451 g/mol. The predicted molar refractivity (Wildman–Crippen MR) is 115 cm³/mol. The van der Waals surface area contributed by atoms with Crippen LogP contribution in [0.1, 0.15) is 37.9 Å². The summed E-state index contributed by atoms with van der Waals surface area (Å²) in [5.41, 5.74) is 0.913. The molecule has 1 aliphatic heterocycles. The summed E-state index contributed by atoms with van der Waals surface area (Å²) in [5, 5.41) is 0. The molecule has 5 nitrogen and oxygen atoms in total. The van der Waals surface area contributed by atoms with Gasteiger partial charge < -0.3 is 14.4 Å². The van der Waals surface area contributed by atoms with Crippen molar-refractivity contribution in [2.24, 2.45) is 0 Å². The van der Waals surface area contributed by atoms with Crippen molar-refractivity contribution >= 4 is 6.09 Å². The Kier molecular flexibility index (Phi) is 7.33. The number of ether oxygens (including phenoxy) is 2. The molecule has 174 valence electrons. The van der Waals surface area contributed by atoms with Crippen molar-refractivity contribution in [3.8, 4) is 5.75 Å². The minimum atomic E-state index is -4.75. The minimum Gasteiger partial charge on any atom is -0.444 e. The van der Waals surface area contributed by atoms with E-state index in [0.717, 1.165) is 5.56 Å². The Morgan fingerprint density at radius 1 is 0.938 bits per heavy atom. The summed E-state index contributed by atoms with van der Waals surface area (Å²) < 4.78 is 48.4. The van der Waals surface area contributed by atoms with Crippen molar-refractivity contribution in [1.82, 2.24) is 9.80 Å². The zero-order valence-electron chi connectivity index (χ0n) is 18.6. The number of amides is 1. The van der Waals surface area contributed by atoms with Gasteiger partial charge in [0.25, 0.3) is 0 Å².